The van der Waals surface area contributed by atoms with Gasteiger partial charge in [-0.2, -0.15) is 0 Å². The average molecular weight is 245 g/mol. The van der Waals surface area contributed by atoms with Gasteiger partial charge in [-0.15, -0.1) is 0 Å². The lowest BCUT2D eigenvalue weighted by Crippen LogP contribution is -2.31. The van der Waals surface area contributed by atoms with Crippen LogP contribution in [0.2, 0.25) is 0 Å². The number of carbonyl (C=O) groups excluding carboxylic acids is 1. The van der Waals surface area contributed by atoms with Crippen LogP contribution in [0, 0.1) is 0 Å². The minimum atomic E-state index is -0.877. The summed E-state index contributed by atoms with van der Waals surface area (Å²) in [5.74, 6) is 0.00867. The summed E-state index contributed by atoms with van der Waals surface area (Å²) in [7, 11) is 0. The van der Waals surface area contributed by atoms with E-state index in [9.17, 15) is 4.79 Å². The third kappa shape index (κ3) is 2.59. The molecule has 1 heterocycles. The van der Waals surface area contributed by atoms with Crippen LogP contribution in [-0.2, 0) is 21.6 Å². The zero-order valence-corrected chi connectivity index (χ0v) is 10.4. The Balaban J connectivity index is 2.00. The van der Waals surface area contributed by atoms with E-state index in [0.717, 1.165) is 5.56 Å². The molecule has 0 aliphatic rings. The Morgan fingerprint density at radius 2 is 2.06 bits per heavy atom. The van der Waals surface area contributed by atoms with E-state index < -0.39 is 5.41 Å². The third-order valence-electron chi connectivity index (χ3n) is 2.69. The zero-order valence-electron chi connectivity index (χ0n) is 10.4. The Morgan fingerprint density at radius 3 is 2.67 bits per heavy atom. The third-order valence-corrected chi connectivity index (χ3v) is 2.69. The molecule has 0 bridgehead atoms. The maximum atomic E-state index is 12.0. The van der Waals surface area contributed by atoms with E-state index in [1.54, 1.807) is 13.8 Å². The van der Waals surface area contributed by atoms with E-state index >= 15 is 0 Å². The van der Waals surface area contributed by atoms with E-state index in [1.165, 1.54) is 12.5 Å². The quantitative estimate of drug-likeness (QED) is 0.777. The molecule has 94 valence electrons. The van der Waals surface area contributed by atoms with Crippen LogP contribution in [-0.4, -0.2) is 11.0 Å². The van der Waals surface area contributed by atoms with Crippen molar-refractivity contribution in [1.82, 2.24) is 4.98 Å². The molecule has 0 aliphatic heterocycles. The smallest absolute Gasteiger partial charge is 0.321 e. The molecule has 4 nitrogen and oxygen atoms in total. The van der Waals surface area contributed by atoms with Gasteiger partial charge in [0, 0.05) is 0 Å². The highest BCUT2D eigenvalue weighted by Crippen LogP contribution is 2.23. The predicted octanol–water partition coefficient (Wildman–Crippen LogP) is 2.70. The molecule has 0 radical (unpaired) electrons. The molecule has 18 heavy (non-hydrogen) atoms. The number of carbonyl (C=O) groups is 1. The fraction of sp³-hybridized carbons (Fsp3) is 0.286. The second kappa shape index (κ2) is 5.04. The molecule has 0 saturated carbocycles. The van der Waals surface area contributed by atoms with Gasteiger partial charge in [0.15, 0.2) is 0 Å². The summed E-state index contributed by atoms with van der Waals surface area (Å²) in [6.07, 6.45) is 2.96. The number of aromatic nitrogens is 1. The Labute approximate surface area is 106 Å². The van der Waals surface area contributed by atoms with Gasteiger partial charge < -0.3 is 9.15 Å². The topological polar surface area (TPSA) is 52.3 Å². The summed E-state index contributed by atoms with van der Waals surface area (Å²) < 4.78 is 10.4. The molecule has 0 N–H and O–H groups in total. The summed E-state index contributed by atoms with van der Waals surface area (Å²) in [5, 5.41) is 0. The molecule has 1 aromatic heterocycles. The van der Waals surface area contributed by atoms with Crippen LogP contribution in [0.4, 0.5) is 0 Å². The number of nitrogens with zero attached hydrogens (tertiary/aromatic N) is 1. The van der Waals surface area contributed by atoms with Gasteiger partial charge in [0.05, 0.1) is 6.20 Å². The molecule has 1 aromatic carbocycles. The summed E-state index contributed by atoms with van der Waals surface area (Å²) in [6.45, 7) is 3.71. The van der Waals surface area contributed by atoms with Crippen LogP contribution in [0.25, 0.3) is 0 Å². The van der Waals surface area contributed by atoms with Crippen molar-refractivity contribution in [3.63, 3.8) is 0 Å². The lowest BCUT2D eigenvalue weighted by atomic mass is 9.94. The lowest BCUT2D eigenvalue weighted by molar-refractivity contribution is -0.151. The average Bonchev–Trinajstić information content (AvgIpc) is 2.91. The van der Waals surface area contributed by atoms with Crippen molar-refractivity contribution in [2.45, 2.75) is 25.9 Å². The molecule has 0 aliphatic carbocycles. The standard InChI is InChI=1S/C14H15NO3/c1-14(2,12-15-8-9-17-12)13(16)18-10-11-6-4-3-5-7-11/h3-9H,10H2,1-2H3. The number of esters is 1. The number of oxazole rings is 1. The zero-order chi connectivity index (χ0) is 13.0. The molecular formula is C14H15NO3. The Bertz CT molecular complexity index is 503. The van der Waals surface area contributed by atoms with Gasteiger partial charge in [-0.25, -0.2) is 4.98 Å². The van der Waals surface area contributed by atoms with Gasteiger partial charge in [0.25, 0.3) is 0 Å². The van der Waals surface area contributed by atoms with Gasteiger partial charge in [-0.1, -0.05) is 30.3 Å². The highest BCUT2D eigenvalue weighted by molar-refractivity contribution is 5.80. The van der Waals surface area contributed by atoms with Crippen molar-refractivity contribution in [2.24, 2.45) is 0 Å². The Hall–Kier alpha value is -2.10. The van der Waals surface area contributed by atoms with Gasteiger partial charge in [-0.3, -0.25) is 4.79 Å². The van der Waals surface area contributed by atoms with Crippen LogP contribution in [0.1, 0.15) is 25.3 Å². The first-order valence-electron chi connectivity index (χ1n) is 5.72. The highest BCUT2D eigenvalue weighted by atomic mass is 16.5. The minimum Gasteiger partial charge on any atom is -0.460 e. The summed E-state index contributed by atoms with van der Waals surface area (Å²) in [4.78, 5) is 16.0. The predicted molar refractivity (Wildman–Crippen MR) is 65.8 cm³/mol. The van der Waals surface area contributed by atoms with Crippen molar-refractivity contribution in [3.8, 4) is 0 Å². The van der Waals surface area contributed by atoms with Crippen molar-refractivity contribution in [1.29, 1.82) is 0 Å². The first kappa shape index (κ1) is 12.4. The number of benzene rings is 1. The molecule has 4 heteroatoms. The molecule has 0 unspecified atom stereocenters. The normalized spacial score (nSPS) is 11.2. The first-order valence-corrected chi connectivity index (χ1v) is 5.72. The fourth-order valence-corrected chi connectivity index (χ4v) is 1.52. The molecule has 2 rings (SSSR count). The summed E-state index contributed by atoms with van der Waals surface area (Å²) >= 11 is 0. The Kier molecular flexibility index (Phi) is 3.46. The lowest BCUT2D eigenvalue weighted by Gasteiger charge is -2.18. The molecule has 0 saturated heterocycles. The molecule has 2 aromatic rings. The summed E-state index contributed by atoms with van der Waals surface area (Å²) in [5.41, 5.74) is 0.0761. The van der Waals surface area contributed by atoms with Crippen LogP contribution in [0.15, 0.2) is 47.2 Å². The SMILES string of the molecule is CC(C)(C(=O)OCc1ccccc1)c1ncco1. The van der Waals surface area contributed by atoms with E-state index in [1.807, 2.05) is 30.3 Å². The number of ether oxygens (including phenoxy) is 1. The largest absolute Gasteiger partial charge is 0.460 e. The van der Waals surface area contributed by atoms with Gasteiger partial charge >= 0.3 is 5.97 Å². The Morgan fingerprint density at radius 1 is 1.33 bits per heavy atom. The van der Waals surface area contributed by atoms with Crippen LogP contribution >= 0.6 is 0 Å². The number of hydrogen-bond donors (Lipinski definition) is 0. The number of rotatable bonds is 4. The monoisotopic (exact) mass is 245 g/mol. The van der Waals surface area contributed by atoms with Crippen molar-refractivity contribution >= 4 is 5.97 Å². The highest BCUT2D eigenvalue weighted by Gasteiger charge is 2.36. The van der Waals surface area contributed by atoms with Gasteiger partial charge in [-0.05, 0) is 19.4 Å². The molecule has 0 fully saturated rings. The minimum absolute atomic E-state index is 0.254. The van der Waals surface area contributed by atoms with Crippen molar-refractivity contribution in [2.75, 3.05) is 0 Å². The second-order valence-electron chi connectivity index (χ2n) is 4.52. The molecular weight excluding hydrogens is 230 g/mol. The van der Waals surface area contributed by atoms with Crippen molar-refractivity contribution in [3.05, 3.63) is 54.2 Å². The van der Waals surface area contributed by atoms with Crippen LogP contribution in [0.5, 0.6) is 0 Å². The van der Waals surface area contributed by atoms with Gasteiger partial charge in [0.1, 0.15) is 18.3 Å². The molecule has 0 atom stereocenters. The van der Waals surface area contributed by atoms with Crippen molar-refractivity contribution < 1.29 is 13.9 Å². The first-order chi connectivity index (χ1) is 8.60. The van der Waals surface area contributed by atoms with E-state index in [-0.39, 0.29) is 12.6 Å². The molecule has 0 amide bonds. The van der Waals surface area contributed by atoms with E-state index in [2.05, 4.69) is 4.98 Å². The maximum Gasteiger partial charge on any atom is 0.321 e. The fourth-order valence-electron chi connectivity index (χ4n) is 1.52. The van der Waals surface area contributed by atoms with E-state index in [4.69, 9.17) is 9.15 Å². The molecule has 0 spiro atoms. The van der Waals surface area contributed by atoms with E-state index in [0.29, 0.717) is 5.89 Å². The maximum absolute atomic E-state index is 12.0. The van der Waals surface area contributed by atoms with Gasteiger partial charge in [0.2, 0.25) is 5.89 Å². The van der Waals surface area contributed by atoms with Crippen LogP contribution < -0.4 is 0 Å². The second-order valence-corrected chi connectivity index (χ2v) is 4.52. The summed E-state index contributed by atoms with van der Waals surface area (Å²) in [6, 6.07) is 9.55. The van der Waals surface area contributed by atoms with Crippen LogP contribution in [0.3, 0.4) is 0 Å². The number of hydrogen-bond acceptors (Lipinski definition) is 4.